The first-order valence-corrected chi connectivity index (χ1v) is 15.1. The summed E-state index contributed by atoms with van der Waals surface area (Å²) in [5.74, 6) is 0.119. The average Bonchev–Trinajstić information content (AvgIpc) is 3.62. The third-order valence-corrected chi connectivity index (χ3v) is 9.02. The fourth-order valence-corrected chi connectivity index (χ4v) is 6.57. The summed E-state index contributed by atoms with van der Waals surface area (Å²) in [7, 11) is 2.17. The largest absolute Gasteiger partial charge is 0.508 e. The first-order chi connectivity index (χ1) is 21.8. The van der Waals surface area contributed by atoms with Gasteiger partial charge in [-0.2, -0.15) is 0 Å². The number of para-hydroxylation sites is 1. The number of H-pyrrole nitrogens is 1. The van der Waals surface area contributed by atoms with Crippen LogP contribution in [0.4, 0.5) is 4.39 Å². The van der Waals surface area contributed by atoms with Gasteiger partial charge in [0.25, 0.3) is 12.4 Å². The second kappa shape index (κ2) is 12.7. The second-order valence-electron chi connectivity index (χ2n) is 11.5. The molecule has 1 saturated heterocycles. The maximum absolute atomic E-state index is 14.5. The summed E-state index contributed by atoms with van der Waals surface area (Å²) in [6.07, 6.45) is 2.33. The zero-order valence-electron chi connectivity index (χ0n) is 24.6. The van der Waals surface area contributed by atoms with Gasteiger partial charge in [0.15, 0.2) is 0 Å². The number of hydrogen-bond donors (Lipinski definition) is 3. The molecule has 1 amide bonds. The molecule has 3 heterocycles. The second-order valence-corrected chi connectivity index (χ2v) is 11.9. The number of hydrogen-bond acceptors (Lipinski definition) is 5. The zero-order valence-corrected chi connectivity index (χ0v) is 25.3. The Morgan fingerprint density at radius 1 is 1.02 bits per heavy atom. The lowest BCUT2D eigenvalue weighted by Gasteiger charge is -2.29. The lowest BCUT2D eigenvalue weighted by molar-refractivity contribution is -0.122. The molecule has 3 N–H and O–H groups in total. The zero-order chi connectivity index (χ0) is 31.7. The van der Waals surface area contributed by atoms with Crippen molar-refractivity contribution in [3.05, 3.63) is 118 Å². The predicted octanol–water partition coefficient (Wildman–Crippen LogP) is 6.98. The maximum Gasteiger partial charge on any atom is 0.290 e. The number of nitrogens with zero attached hydrogens (tertiary/aromatic N) is 3. The van der Waals surface area contributed by atoms with Crippen molar-refractivity contribution >= 4 is 35.0 Å². The van der Waals surface area contributed by atoms with Crippen molar-refractivity contribution in [1.29, 1.82) is 0 Å². The highest BCUT2D eigenvalue weighted by molar-refractivity contribution is 6.34. The fraction of sp³-hybridized carbons (Fsp3) is 0.229. The van der Waals surface area contributed by atoms with Gasteiger partial charge in [0, 0.05) is 17.7 Å². The minimum Gasteiger partial charge on any atom is -0.508 e. The summed E-state index contributed by atoms with van der Waals surface area (Å²) in [5, 5.41) is 18.2. The minimum atomic E-state index is -0.860. The van der Waals surface area contributed by atoms with Gasteiger partial charge in [0.05, 0.1) is 10.5 Å². The third-order valence-electron chi connectivity index (χ3n) is 8.71. The predicted molar refractivity (Wildman–Crippen MR) is 171 cm³/mol. The summed E-state index contributed by atoms with van der Waals surface area (Å²) in [6.45, 7) is 2.27. The van der Waals surface area contributed by atoms with Gasteiger partial charge in [-0.3, -0.25) is 9.59 Å². The number of benzene rings is 4. The molecule has 1 fully saturated rings. The van der Waals surface area contributed by atoms with Crippen LogP contribution < -0.4 is 0 Å². The third kappa shape index (κ3) is 6.01. The van der Waals surface area contributed by atoms with Crippen molar-refractivity contribution in [1.82, 2.24) is 19.8 Å². The van der Waals surface area contributed by atoms with Gasteiger partial charge in [-0.1, -0.05) is 54.1 Å². The number of likely N-dealkylation sites (tertiary alicyclic amines) is 1. The number of phenols is 1. The van der Waals surface area contributed by atoms with E-state index in [1.54, 1.807) is 17.0 Å². The molecule has 45 heavy (non-hydrogen) atoms. The van der Waals surface area contributed by atoms with Crippen molar-refractivity contribution in [2.24, 2.45) is 0 Å². The van der Waals surface area contributed by atoms with E-state index in [0.29, 0.717) is 33.4 Å². The first kappa shape index (κ1) is 30.3. The minimum absolute atomic E-state index is 0.123. The van der Waals surface area contributed by atoms with Crippen LogP contribution in [0.2, 0.25) is 5.02 Å². The smallest absolute Gasteiger partial charge is 0.290 e. The van der Waals surface area contributed by atoms with Gasteiger partial charge in [0.1, 0.15) is 28.9 Å². The highest BCUT2D eigenvalue weighted by Gasteiger charge is 2.37. The Morgan fingerprint density at radius 3 is 2.44 bits per heavy atom. The summed E-state index contributed by atoms with van der Waals surface area (Å²) < 4.78 is 14.5. The number of aromatic nitrogens is 2. The van der Waals surface area contributed by atoms with Gasteiger partial charge in [-0.25, -0.2) is 9.37 Å². The molecule has 0 bridgehead atoms. The number of imidazole rings is 1. The van der Waals surface area contributed by atoms with E-state index in [-0.39, 0.29) is 30.2 Å². The van der Waals surface area contributed by atoms with E-state index in [4.69, 9.17) is 26.5 Å². The van der Waals surface area contributed by atoms with Crippen LogP contribution in [0, 0.1) is 5.82 Å². The highest BCUT2D eigenvalue weighted by Crippen LogP contribution is 2.40. The Balaban J connectivity index is 0.00000115. The van der Waals surface area contributed by atoms with Crippen molar-refractivity contribution in [2.45, 2.75) is 31.3 Å². The summed E-state index contributed by atoms with van der Waals surface area (Å²) >= 11 is 6.40. The molecule has 2 aliphatic rings. The Labute approximate surface area is 264 Å². The molecule has 0 aliphatic carbocycles. The van der Waals surface area contributed by atoms with E-state index < -0.39 is 11.9 Å². The number of fused-ring (bicyclic) bond motifs is 2. The molecule has 1 aromatic heterocycles. The Hall–Kier alpha value is -4.73. The molecule has 1 atom stereocenters. The van der Waals surface area contributed by atoms with E-state index in [1.807, 2.05) is 24.3 Å². The summed E-state index contributed by atoms with van der Waals surface area (Å²) in [4.78, 5) is 34.3. The molecule has 7 rings (SSSR count). The van der Waals surface area contributed by atoms with Crippen LogP contribution in [-0.2, 0) is 11.3 Å². The van der Waals surface area contributed by atoms with Crippen LogP contribution >= 0.6 is 11.6 Å². The Morgan fingerprint density at radius 2 is 1.73 bits per heavy atom. The van der Waals surface area contributed by atoms with Gasteiger partial charge < -0.3 is 25.0 Å². The number of nitrogens with one attached hydrogen (secondary N) is 1. The molecule has 5 aromatic rings. The standard InChI is InChI=1S/C34H30ClFN4O2.CH2O2/c1-39-15-13-22(14-16-39)20-5-7-21(8-6-20)23-9-10-24-19-40(34(42)26(24)17-23)32(27-18-25(36)11-12-30(27)41)33-37-29-4-2-3-28(35)31(29)38-33;2-1-3/h2-12,17-18,22,32,41H,13-16,19H2,1H3,(H,37,38);1H,(H,2,3). The number of aromatic amines is 1. The molecule has 0 spiro atoms. The molecular weight excluding hydrogens is 595 g/mol. The Bertz CT molecular complexity index is 1870. The molecule has 1 unspecified atom stereocenters. The molecule has 230 valence electrons. The van der Waals surface area contributed by atoms with Gasteiger partial charge in [0.2, 0.25) is 0 Å². The maximum atomic E-state index is 14.5. The van der Waals surface area contributed by atoms with Crippen molar-refractivity contribution < 1.29 is 24.2 Å². The van der Waals surface area contributed by atoms with Crippen LogP contribution in [0.1, 0.15) is 57.7 Å². The van der Waals surface area contributed by atoms with Crippen molar-refractivity contribution in [2.75, 3.05) is 20.1 Å². The number of carboxylic acid groups (broad SMARTS) is 1. The average molecular weight is 627 g/mol. The van der Waals surface area contributed by atoms with E-state index >= 15 is 0 Å². The normalized spacial score (nSPS) is 15.9. The first-order valence-electron chi connectivity index (χ1n) is 14.7. The van der Waals surface area contributed by atoms with Gasteiger partial charge >= 0.3 is 0 Å². The van der Waals surface area contributed by atoms with E-state index in [9.17, 15) is 14.3 Å². The SMILES string of the molecule is CN1CCC(c2ccc(-c3ccc4c(c3)C(=O)N(C(c3nc5c(Cl)cccc5[nH]3)c3cc(F)ccc3O)C4)cc2)CC1.O=CO. The lowest BCUT2D eigenvalue weighted by Crippen LogP contribution is -2.31. The number of piperidine rings is 1. The van der Waals surface area contributed by atoms with Crippen LogP contribution in [-0.4, -0.2) is 62.5 Å². The Kier molecular flexibility index (Phi) is 8.56. The van der Waals surface area contributed by atoms with Crippen LogP contribution in [0.25, 0.3) is 22.2 Å². The van der Waals surface area contributed by atoms with Crippen molar-refractivity contribution in [3.8, 4) is 16.9 Å². The molecule has 0 radical (unpaired) electrons. The molecule has 2 aliphatic heterocycles. The summed E-state index contributed by atoms with van der Waals surface area (Å²) in [5.41, 5.74) is 6.30. The lowest BCUT2D eigenvalue weighted by atomic mass is 9.88. The number of halogens is 2. The molecule has 4 aromatic carbocycles. The molecular formula is C35H32ClFN4O4. The fourth-order valence-electron chi connectivity index (χ4n) is 6.35. The van der Waals surface area contributed by atoms with E-state index in [0.717, 1.165) is 29.8 Å². The van der Waals surface area contributed by atoms with Crippen molar-refractivity contribution in [3.63, 3.8) is 0 Å². The molecule has 10 heteroatoms. The highest BCUT2D eigenvalue weighted by atomic mass is 35.5. The quantitative estimate of drug-likeness (QED) is 0.182. The topological polar surface area (TPSA) is 110 Å². The van der Waals surface area contributed by atoms with Gasteiger partial charge in [-0.05, 0) is 97.5 Å². The van der Waals surface area contributed by atoms with Gasteiger partial charge in [-0.15, -0.1) is 0 Å². The van der Waals surface area contributed by atoms with Crippen LogP contribution in [0.5, 0.6) is 5.75 Å². The number of carbonyl (C=O) groups is 2. The van der Waals surface area contributed by atoms with E-state index in [1.165, 1.54) is 36.6 Å². The van der Waals surface area contributed by atoms with E-state index in [2.05, 4.69) is 41.2 Å². The number of amides is 1. The summed E-state index contributed by atoms with van der Waals surface area (Å²) in [6, 6.07) is 22.9. The number of carbonyl (C=O) groups excluding carboxylic acids is 1. The van der Waals surface area contributed by atoms with Crippen LogP contribution in [0.3, 0.4) is 0 Å². The molecule has 8 nitrogen and oxygen atoms in total. The number of aromatic hydroxyl groups is 1. The number of phenolic OH excluding ortho intramolecular Hbond substituents is 1. The molecule has 0 saturated carbocycles. The number of rotatable bonds is 5. The monoisotopic (exact) mass is 626 g/mol. The van der Waals surface area contributed by atoms with Crippen LogP contribution in [0.15, 0.2) is 78.9 Å².